The molecule has 1 aromatic rings. The molecule has 0 radical (unpaired) electrons. The third-order valence-corrected chi connectivity index (χ3v) is 3.18. The van der Waals surface area contributed by atoms with E-state index in [0.717, 1.165) is 25.3 Å². The van der Waals surface area contributed by atoms with Crippen molar-refractivity contribution in [2.75, 3.05) is 26.3 Å². The molecular weight excluding hydrogens is 261 g/mol. The van der Waals surface area contributed by atoms with E-state index < -0.39 is 0 Å². The number of hydrogen-bond donors (Lipinski definition) is 1. The lowest BCUT2D eigenvalue weighted by Gasteiger charge is -2.23. The molecule has 1 unspecified atom stereocenters. The number of rotatable bonds is 4. The van der Waals surface area contributed by atoms with Crippen LogP contribution in [-0.2, 0) is 16.1 Å². The molecule has 1 aliphatic rings. The Labute approximate surface area is 111 Å². The lowest BCUT2D eigenvalue weighted by molar-refractivity contribution is -0.0357. The van der Waals surface area contributed by atoms with Gasteiger partial charge in [0.1, 0.15) is 0 Å². The van der Waals surface area contributed by atoms with Crippen LogP contribution < -0.4 is 5.32 Å². The maximum atomic E-state index is 6.04. The van der Waals surface area contributed by atoms with Crippen molar-refractivity contribution in [3.8, 4) is 0 Å². The van der Waals surface area contributed by atoms with E-state index in [1.54, 1.807) is 12.1 Å². The van der Waals surface area contributed by atoms with E-state index in [-0.39, 0.29) is 6.10 Å². The second-order valence-corrected chi connectivity index (χ2v) is 4.79. The summed E-state index contributed by atoms with van der Waals surface area (Å²) in [5.74, 6) is 0. The minimum atomic E-state index is 0.127. The largest absolute Gasteiger partial charge is 0.374 e. The molecule has 0 saturated carbocycles. The average Bonchev–Trinajstić information content (AvgIpc) is 2.35. The smallest absolute Gasteiger partial charge is 0.0933 e. The SMILES string of the molecule is Clc1ccc(Cl)c(COCC2CNCCO2)c1. The third kappa shape index (κ3) is 4.12. The summed E-state index contributed by atoms with van der Waals surface area (Å²) in [6, 6.07) is 5.37. The van der Waals surface area contributed by atoms with Crippen LogP contribution in [0.5, 0.6) is 0 Å². The summed E-state index contributed by atoms with van der Waals surface area (Å²) in [5, 5.41) is 4.60. The molecule has 1 saturated heterocycles. The summed E-state index contributed by atoms with van der Waals surface area (Å²) < 4.78 is 11.1. The van der Waals surface area contributed by atoms with E-state index >= 15 is 0 Å². The highest BCUT2D eigenvalue weighted by atomic mass is 35.5. The molecule has 0 aliphatic carbocycles. The molecule has 1 atom stereocenters. The standard InChI is InChI=1S/C12H15Cl2NO2/c13-10-1-2-12(14)9(5-10)7-16-8-11-6-15-3-4-17-11/h1-2,5,11,15H,3-4,6-8H2. The lowest BCUT2D eigenvalue weighted by Crippen LogP contribution is -2.40. The Kier molecular flexibility index (Phi) is 5.07. The number of hydrogen-bond acceptors (Lipinski definition) is 3. The van der Waals surface area contributed by atoms with E-state index in [9.17, 15) is 0 Å². The second kappa shape index (κ2) is 6.57. The van der Waals surface area contributed by atoms with Crippen LogP contribution in [0.1, 0.15) is 5.56 Å². The van der Waals surface area contributed by atoms with Gasteiger partial charge in [0, 0.05) is 23.1 Å². The molecule has 1 heterocycles. The summed E-state index contributed by atoms with van der Waals surface area (Å²) in [6.07, 6.45) is 0.127. The van der Waals surface area contributed by atoms with E-state index in [1.807, 2.05) is 6.07 Å². The Morgan fingerprint density at radius 2 is 2.29 bits per heavy atom. The minimum Gasteiger partial charge on any atom is -0.374 e. The molecule has 0 bridgehead atoms. The summed E-state index contributed by atoms with van der Waals surface area (Å²) >= 11 is 11.9. The molecule has 1 fully saturated rings. The van der Waals surface area contributed by atoms with E-state index in [2.05, 4.69) is 5.32 Å². The average molecular weight is 276 g/mol. The van der Waals surface area contributed by atoms with Crippen LogP contribution in [0.3, 0.4) is 0 Å². The molecule has 0 aromatic heterocycles. The Morgan fingerprint density at radius 1 is 1.41 bits per heavy atom. The fourth-order valence-electron chi connectivity index (χ4n) is 1.68. The monoisotopic (exact) mass is 275 g/mol. The van der Waals surface area contributed by atoms with Gasteiger partial charge in [0.05, 0.1) is 25.9 Å². The zero-order chi connectivity index (χ0) is 12.1. The molecule has 5 heteroatoms. The van der Waals surface area contributed by atoms with Crippen molar-refractivity contribution in [2.45, 2.75) is 12.7 Å². The molecule has 1 aromatic carbocycles. The normalized spacial score (nSPS) is 20.5. The first-order valence-electron chi connectivity index (χ1n) is 5.59. The Balaban J connectivity index is 1.79. The van der Waals surface area contributed by atoms with Gasteiger partial charge in [0.15, 0.2) is 0 Å². The van der Waals surface area contributed by atoms with Gasteiger partial charge in [-0.3, -0.25) is 0 Å². The van der Waals surface area contributed by atoms with Crippen molar-refractivity contribution >= 4 is 23.2 Å². The molecule has 0 spiro atoms. The predicted octanol–water partition coefficient (Wildman–Crippen LogP) is 2.50. The molecule has 1 N–H and O–H groups in total. The van der Waals surface area contributed by atoms with Crippen LogP contribution in [0.25, 0.3) is 0 Å². The molecule has 94 valence electrons. The molecule has 0 amide bonds. The molecular formula is C12H15Cl2NO2. The number of ether oxygens (including phenoxy) is 2. The Bertz CT molecular complexity index is 368. The van der Waals surface area contributed by atoms with Crippen LogP contribution in [0, 0.1) is 0 Å². The van der Waals surface area contributed by atoms with Crippen molar-refractivity contribution in [3.63, 3.8) is 0 Å². The van der Waals surface area contributed by atoms with Gasteiger partial charge < -0.3 is 14.8 Å². The number of halogens is 2. The van der Waals surface area contributed by atoms with Crippen LogP contribution in [0.15, 0.2) is 18.2 Å². The third-order valence-electron chi connectivity index (χ3n) is 2.57. The first kappa shape index (κ1) is 13.1. The first-order valence-corrected chi connectivity index (χ1v) is 6.35. The fraction of sp³-hybridized carbons (Fsp3) is 0.500. The van der Waals surface area contributed by atoms with E-state index in [4.69, 9.17) is 32.7 Å². The highest BCUT2D eigenvalue weighted by Crippen LogP contribution is 2.21. The summed E-state index contributed by atoms with van der Waals surface area (Å²) in [4.78, 5) is 0. The van der Waals surface area contributed by atoms with Gasteiger partial charge in [-0.25, -0.2) is 0 Å². The summed E-state index contributed by atoms with van der Waals surface area (Å²) in [5.41, 5.74) is 0.905. The molecule has 2 rings (SSSR count). The fourth-order valence-corrected chi connectivity index (χ4v) is 2.05. The lowest BCUT2D eigenvalue weighted by atomic mass is 10.2. The van der Waals surface area contributed by atoms with Crippen LogP contribution >= 0.6 is 23.2 Å². The topological polar surface area (TPSA) is 30.5 Å². The maximum Gasteiger partial charge on any atom is 0.0933 e. The van der Waals surface area contributed by atoms with Gasteiger partial charge in [0.25, 0.3) is 0 Å². The first-order chi connectivity index (χ1) is 8.25. The van der Waals surface area contributed by atoms with Crippen LogP contribution in [0.4, 0.5) is 0 Å². The van der Waals surface area contributed by atoms with Gasteiger partial charge >= 0.3 is 0 Å². The number of benzene rings is 1. The van der Waals surface area contributed by atoms with Crippen molar-refractivity contribution in [3.05, 3.63) is 33.8 Å². The van der Waals surface area contributed by atoms with Gasteiger partial charge in [-0.05, 0) is 23.8 Å². The quantitative estimate of drug-likeness (QED) is 0.916. The zero-order valence-corrected chi connectivity index (χ0v) is 10.9. The van der Waals surface area contributed by atoms with Crippen molar-refractivity contribution in [1.82, 2.24) is 5.32 Å². The molecule has 17 heavy (non-hydrogen) atoms. The van der Waals surface area contributed by atoms with Gasteiger partial charge in [-0.15, -0.1) is 0 Å². The zero-order valence-electron chi connectivity index (χ0n) is 9.42. The predicted molar refractivity (Wildman–Crippen MR) is 68.7 cm³/mol. The summed E-state index contributed by atoms with van der Waals surface area (Å²) in [6.45, 7) is 3.51. The van der Waals surface area contributed by atoms with E-state index in [0.29, 0.717) is 23.3 Å². The highest BCUT2D eigenvalue weighted by molar-refractivity contribution is 6.33. The maximum absolute atomic E-state index is 6.04. The highest BCUT2D eigenvalue weighted by Gasteiger charge is 2.13. The minimum absolute atomic E-state index is 0.127. The Morgan fingerprint density at radius 3 is 3.06 bits per heavy atom. The Hall–Kier alpha value is -0.320. The number of morpholine rings is 1. The van der Waals surface area contributed by atoms with Crippen molar-refractivity contribution < 1.29 is 9.47 Å². The van der Waals surface area contributed by atoms with Crippen LogP contribution in [-0.4, -0.2) is 32.4 Å². The molecule has 3 nitrogen and oxygen atoms in total. The van der Waals surface area contributed by atoms with Gasteiger partial charge in [-0.1, -0.05) is 23.2 Å². The summed E-state index contributed by atoms with van der Waals surface area (Å²) in [7, 11) is 0. The number of nitrogens with one attached hydrogen (secondary N) is 1. The van der Waals surface area contributed by atoms with Gasteiger partial charge in [0.2, 0.25) is 0 Å². The van der Waals surface area contributed by atoms with E-state index in [1.165, 1.54) is 0 Å². The van der Waals surface area contributed by atoms with Gasteiger partial charge in [-0.2, -0.15) is 0 Å². The van der Waals surface area contributed by atoms with Crippen LogP contribution in [0.2, 0.25) is 10.0 Å². The van der Waals surface area contributed by atoms with Crippen molar-refractivity contribution in [2.24, 2.45) is 0 Å². The molecule has 1 aliphatic heterocycles. The van der Waals surface area contributed by atoms with Crippen molar-refractivity contribution in [1.29, 1.82) is 0 Å². The second-order valence-electron chi connectivity index (χ2n) is 3.95.